The van der Waals surface area contributed by atoms with Crippen LogP contribution < -0.4 is 0 Å². The first kappa shape index (κ1) is 21.1. The Kier molecular flexibility index (Phi) is 4.70. The first-order valence-electron chi connectivity index (χ1n) is 10.7. The van der Waals surface area contributed by atoms with E-state index in [4.69, 9.17) is 0 Å². The SMILES string of the molecule is COC(=O)N1C(=O)C2CC=C3C(c4ccc(O)cc4)C4=C(CC3C2C1=O)C(=O)C(C)=CC4=O. The highest BCUT2D eigenvalue weighted by Gasteiger charge is 2.58. The molecule has 0 spiro atoms. The van der Waals surface area contributed by atoms with Gasteiger partial charge in [0, 0.05) is 22.6 Å². The van der Waals surface area contributed by atoms with Gasteiger partial charge in [-0.15, -0.1) is 0 Å². The van der Waals surface area contributed by atoms with Gasteiger partial charge in [0.05, 0.1) is 18.9 Å². The highest BCUT2D eigenvalue weighted by molar-refractivity contribution is 6.24. The van der Waals surface area contributed by atoms with Gasteiger partial charge < -0.3 is 9.84 Å². The molecule has 0 radical (unpaired) electrons. The van der Waals surface area contributed by atoms with E-state index >= 15 is 0 Å². The second-order valence-corrected chi connectivity index (χ2v) is 8.80. The molecule has 3 aliphatic carbocycles. The second kappa shape index (κ2) is 7.37. The molecule has 1 aromatic carbocycles. The maximum atomic E-state index is 13.2. The van der Waals surface area contributed by atoms with Crippen LogP contribution in [0.2, 0.25) is 0 Å². The van der Waals surface area contributed by atoms with E-state index in [1.54, 1.807) is 19.1 Å². The average Bonchev–Trinajstić information content (AvgIpc) is 3.06. The summed E-state index contributed by atoms with van der Waals surface area (Å²) >= 11 is 0. The number of Topliss-reactive ketones (excluding diaryl/α,β-unsaturated/α-hetero) is 1. The summed E-state index contributed by atoms with van der Waals surface area (Å²) in [6, 6.07) is 6.38. The Bertz CT molecular complexity index is 1230. The maximum Gasteiger partial charge on any atom is 0.423 e. The van der Waals surface area contributed by atoms with Crippen LogP contribution in [0.4, 0.5) is 4.79 Å². The number of likely N-dealkylation sites (tertiary alicyclic amines) is 1. The monoisotopic (exact) mass is 447 g/mol. The number of aromatic hydroxyl groups is 1. The lowest BCUT2D eigenvalue weighted by atomic mass is 9.59. The van der Waals surface area contributed by atoms with Gasteiger partial charge in [-0.1, -0.05) is 23.8 Å². The lowest BCUT2D eigenvalue weighted by Crippen LogP contribution is -2.40. The fourth-order valence-corrected chi connectivity index (χ4v) is 5.70. The number of carbonyl (C=O) groups is 5. The summed E-state index contributed by atoms with van der Waals surface area (Å²) in [5.74, 6) is -4.34. The minimum absolute atomic E-state index is 0.0603. The molecule has 4 unspecified atom stereocenters. The molecule has 1 N–H and O–H groups in total. The Morgan fingerprint density at radius 3 is 2.42 bits per heavy atom. The smallest absolute Gasteiger partial charge is 0.423 e. The first-order chi connectivity index (χ1) is 15.7. The molecular formula is C25H21NO7. The fraction of sp³-hybridized carbons (Fsp3) is 0.320. The molecule has 8 heteroatoms. The van der Waals surface area contributed by atoms with Crippen molar-refractivity contribution < 1.29 is 33.8 Å². The Hall–Kier alpha value is -3.81. The third kappa shape index (κ3) is 2.93. The Labute approximate surface area is 189 Å². The van der Waals surface area contributed by atoms with E-state index in [2.05, 4.69) is 4.74 Å². The number of allylic oxidation sites excluding steroid dienone is 6. The van der Waals surface area contributed by atoms with Gasteiger partial charge in [-0.25, -0.2) is 4.79 Å². The molecule has 168 valence electrons. The van der Waals surface area contributed by atoms with Crippen molar-refractivity contribution in [1.29, 1.82) is 0 Å². The minimum Gasteiger partial charge on any atom is -0.508 e. The van der Waals surface area contributed by atoms with E-state index in [-0.39, 0.29) is 30.2 Å². The van der Waals surface area contributed by atoms with Crippen molar-refractivity contribution in [3.63, 3.8) is 0 Å². The number of hydrogen-bond donors (Lipinski definition) is 1. The van der Waals surface area contributed by atoms with Gasteiger partial charge in [0.15, 0.2) is 11.6 Å². The van der Waals surface area contributed by atoms with Crippen LogP contribution in [0.3, 0.4) is 0 Å². The number of hydrogen-bond acceptors (Lipinski definition) is 7. The van der Waals surface area contributed by atoms with Crippen LogP contribution >= 0.6 is 0 Å². The molecule has 1 aromatic rings. The van der Waals surface area contributed by atoms with Crippen LogP contribution in [0.15, 0.2) is 58.7 Å². The number of phenolic OH excluding ortho intramolecular Hbond substituents is 1. The van der Waals surface area contributed by atoms with E-state index in [1.165, 1.54) is 18.2 Å². The number of fused-ring (bicyclic) bond motifs is 3. The quantitative estimate of drug-likeness (QED) is 0.399. The summed E-state index contributed by atoms with van der Waals surface area (Å²) < 4.78 is 4.64. The summed E-state index contributed by atoms with van der Waals surface area (Å²) in [5.41, 5.74) is 2.53. The Morgan fingerprint density at radius 1 is 1.06 bits per heavy atom. The number of methoxy groups -OCH3 is 1. The topological polar surface area (TPSA) is 118 Å². The predicted octanol–water partition coefficient (Wildman–Crippen LogP) is 2.59. The van der Waals surface area contributed by atoms with Crippen molar-refractivity contribution in [2.24, 2.45) is 17.8 Å². The molecule has 1 aliphatic heterocycles. The molecule has 8 nitrogen and oxygen atoms in total. The molecule has 0 bridgehead atoms. The van der Waals surface area contributed by atoms with E-state index in [9.17, 15) is 29.1 Å². The summed E-state index contributed by atoms with van der Waals surface area (Å²) in [6.07, 6.45) is 2.56. The molecule has 4 atom stereocenters. The number of rotatable bonds is 1. The highest BCUT2D eigenvalue weighted by Crippen LogP contribution is 2.55. The zero-order valence-electron chi connectivity index (χ0n) is 18.0. The largest absolute Gasteiger partial charge is 0.508 e. The maximum absolute atomic E-state index is 13.2. The van der Waals surface area contributed by atoms with Crippen molar-refractivity contribution >= 4 is 29.5 Å². The molecule has 33 heavy (non-hydrogen) atoms. The standard InChI is InChI=1S/C25H21NO7/c1-11-9-18(28)21-17(22(11)29)10-16-14(19(21)12-3-5-13(27)6-4-12)7-8-15-20(16)24(31)26(23(15)30)25(32)33-2/h3-7,9,15-16,19-20,27H,8,10H2,1-2H3. The van der Waals surface area contributed by atoms with E-state index in [0.29, 0.717) is 27.2 Å². The van der Waals surface area contributed by atoms with Gasteiger partial charge in [0.25, 0.3) is 0 Å². The number of imide groups is 3. The highest BCUT2D eigenvalue weighted by atomic mass is 16.5. The van der Waals surface area contributed by atoms with Gasteiger partial charge in [-0.05, 0) is 49.5 Å². The predicted molar refractivity (Wildman–Crippen MR) is 114 cm³/mol. The van der Waals surface area contributed by atoms with Crippen LogP contribution in [-0.2, 0) is 23.9 Å². The molecule has 1 saturated heterocycles. The summed E-state index contributed by atoms with van der Waals surface area (Å²) in [4.78, 5) is 65.0. The first-order valence-corrected chi connectivity index (χ1v) is 10.7. The molecular weight excluding hydrogens is 426 g/mol. The Balaban J connectivity index is 1.67. The van der Waals surface area contributed by atoms with Crippen LogP contribution in [0.5, 0.6) is 5.75 Å². The summed E-state index contributed by atoms with van der Waals surface area (Å²) in [7, 11) is 1.11. The van der Waals surface area contributed by atoms with E-state index < -0.39 is 41.6 Å². The Morgan fingerprint density at radius 2 is 1.76 bits per heavy atom. The number of ether oxygens (including phenoxy) is 1. The number of carbonyl (C=O) groups excluding carboxylic acids is 5. The van der Waals surface area contributed by atoms with Crippen molar-refractivity contribution in [2.45, 2.75) is 25.7 Å². The molecule has 4 aliphatic rings. The number of amides is 3. The van der Waals surface area contributed by atoms with Crippen LogP contribution in [0.25, 0.3) is 0 Å². The third-order valence-corrected chi connectivity index (χ3v) is 7.15. The van der Waals surface area contributed by atoms with Crippen LogP contribution in [-0.4, -0.2) is 46.6 Å². The van der Waals surface area contributed by atoms with Gasteiger partial charge in [-0.3, -0.25) is 19.2 Å². The zero-order valence-corrected chi connectivity index (χ0v) is 18.0. The van der Waals surface area contributed by atoms with Gasteiger partial charge in [-0.2, -0.15) is 4.90 Å². The van der Waals surface area contributed by atoms with E-state index in [0.717, 1.165) is 12.7 Å². The molecule has 3 amide bonds. The fourth-order valence-electron chi connectivity index (χ4n) is 5.70. The van der Waals surface area contributed by atoms with Crippen molar-refractivity contribution in [2.75, 3.05) is 7.11 Å². The van der Waals surface area contributed by atoms with Crippen molar-refractivity contribution in [3.05, 3.63) is 64.3 Å². The van der Waals surface area contributed by atoms with Crippen molar-refractivity contribution in [1.82, 2.24) is 4.90 Å². The number of ketones is 2. The number of nitrogens with zero attached hydrogens (tertiary/aromatic N) is 1. The number of benzene rings is 1. The minimum atomic E-state index is -1.02. The lowest BCUT2D eigenvalue weighted by molar-refractivity contribution is -0.137. The molecule has 1 heterocycles. The van der Waals surface area contributed by atoms with Gasteiger partial charge in [0.2, 0.25) is 11.8 Å². The van der Waals surface area contributed by atoms with Crippen LogP contribution in [0.1, 0.15) is 31.2 Å². The normalized spacial score (nSPS) is 28.7. The summed E-state index contributed by atoms with van der Waals surface area (Å²) in [6.45, 7) is 1.58. The van der Waals surface area contributed by atoms with Gasteiger partial charge >= 0.3 is 6.09 Å². The summed E-state index contributed by atoms with van der Waals surface area (Å²) in [5, 5.41) is 9.75. The number of phenols is 1. The van der Waals surface area contributed by atoms with E-state index in [1.807, 2.05) is 6.08 Å². The molecule has 0 saturated carbocycles. The average molecular weight is 447 g/mol. The lowest BCUT2D eigenvalue weighted by Gasteiger charge is -2.42. The molecule has 0 aromatic heterocycles. The molecule has 5 rings (SSSR count). The van der Waals surface area contributed by atoms with Crippen LogP contribution in [0, 0.1) is 17.8 Å². The zero-order chi connectivity index (χ0) is 23.6. The van der Waals surface area contributed by atoms with Crippen molar-refractivity contribution in [3.8, 4) is 5.75 Å². The molecule has 1 fully saturated rings. The second-order valence-electron chi connectivity index (χ2n) is 8.80. The van der Waals surface area contributed by atoms with Gasteiger partial charge in [0.1, 0.15) is 5.75 Å². The third-order valence-electron chi connectivity index (χ3n) is 7.15.